The fourth-order valence-corrected chi connectivity index (χ4v) is 1.80. The fourth-order valence-electron chi connectivity index (χ4n) is 1.80. The van der Waals surface area contributed by atoms with E-state index in [1.165, 1.54) is 7.11 Å². The number of methoxy groups -OCH3 is 1. The maximum atomic E-state index is 11.6. The van der Waals surface area contributed by atoms with Crippen LogP contribution in [0.1, 0.15) is 33.6 Å². The molecule has 0 aliphatic heterocycles. The Balaban J connectivity index is 4.09. The summed E-state index contributed by atoms with van der Waals surface area (Å²) in [5.74, 6) is -0.515. The van der Waals surface area contributed by atoms with Gasteiger partial charge >= 0.3 is 5.97 Å². The third-order valence-corrected chi connectivity index (χ3v) is 2.37. The molecule has 0 aliphatic rings. The van der Waals surface area contributed by atoms with Crippen molar-refractivity contribution in [2.24, 2.45) is 11.8 Å². The molecule has 0 aliphatic carbocycles. The van der Waals surface area contributed by atoms with Crippen molar-refractivity contribution in [1.82, 2.24) is 5.32 Å². The van der Waals surface area contributed by atoms with Gasteiger partial charge < -0.3 is 15.2 Å². The lowest BCUT2D eigenvalue weighted by atomic mass is 9.96. The van der Waals surface area contributed by atoms with Gasteiger partial charge in [0.2, 0.25) is 5.91 Å². The van der Waals surface area contributed by atoms with Crippen LogP contribution >= 0.6 is 0 Å². The van der Waals surface area contributed by atoms with E-state index in [9.17, 15) is 9.59 Å². The van der Waals surface area contributed by atoms with E-state index >= 15 is 0 Å². The van der Waals surface area contributed by atoms with Gasteiger partial charge in [-0.05, 0) is 18.3 Å². The first-order chi connectivity index (χ1) is 7.86. The second-order valence-electron chi connectivity index (χ2n) is 4.85. The number of aliphatic carboxylic acids is 1. The average molecular weight is 245 g/mol. The van der Waals surface area contributed by atoms with Crippen molar-refractivity contribution in [2.75, 3.05) is 13.7 Å². The second kappa shape index (κ2) is 8.06. The number of carboxylic acids is 1. The highest BCUT2D eigenvalue weighted by atomic mass is 16.5. The molecule has 2 unspecified atom stereocenters. The Hall–Kier alpha value is -1.10. The van der Waals surface area contributed by atoms with E-state index in [2.05, 4.69) is 19.2 Å². The summed E-state index contributed by atoms with van der Waals surface area (Å²) in [5.41, 5.74) is 0. The van der Waals surface area contributed by atoms with Crippen molar-refractivity contribution < 1.29 is 19.4 Å². The Morgan fingerprint density at radius 2 is 1.88 bits per heavy atom. The highest BCUT2D eigenvalue weighted by Crippen LogP contribution is 2.14. The molecule has 0 radical (unpaired) electrons. The van der Waals surface area contributed by atoms with Crippen LogP contribution in [0, 0.1) is 11.8 Å². The molecular weight excluding hydrogens is 222 g/mol. The Labute approximate surface area is 103 Å². The topological polar surface area (TPSA) is 75.6 Å². The van der Waals surface area contributed by atoms with Crippen LogP contribution in [0.5, 0.6) is 0 Å². The normalized spacial score (nSPS) is 14.4. The molecule has 0 rings (SSSR count). The summed E-state index contributed by atoms with van der Waals surface area (Å²) < 4.78 is 4.74. The van der Waals surface area contributed by atoms with Gasteiger partial charge in [0.15, 0.2) is 6.04 Å². The molecule has 0 bridgehead atoms. The minimum absolute atomic E-state index is 0.0143. The number of hydrogen-bond donors (Lipinski definition) is 2. The van der Waals surface area contributed by atoms with Crippen LogP contribution in [-0.2, 0) is 14.3 Å². The summed E-state index contributed by atoms with van der Waals surface area (Å²) in [6.07, 6.45) is 1.31. The van der Waals surface area contributed by atoms with Gasteiger partial charge in [0.1, 0.15) is 0 Å². The number of nitrogens with one attached hydrogen (secondary N) is 1. The van der Waals surface area contributed by atoms with Crippen LogP contribution in [0.3, 0.4) is 0 Å². The number of rotatable bonds is 8. The minimum Gasteiger partial charge on any atom is -0.480 e. The van der Waals surface area contributed by atoms with Gasteiger partial charge in [0, 0.05) is 13.5 Å². The summed E-state index contributed by atoms with van der Waals surface area (Å²) >= 11 is 0. The van der Waals surface area contributed by atoms with E-state index in [1.807, 2.05) is 6.92 Å². The van der Waals surface area contributed by atoms with E-state index in [4.69, 9.17) is 9.84 Å². The molecule has 0 aromatic rings. The van der Waals surface area contributed by atoms with Crippen LogP contribution in [0.15, 0.2) is 0 Å². The standard InChI is InChI=1S/C12H23NO4/c1-8(2)5-9(3)6-11(14)13-10(7-17-4)12(15)16/h8-10H,5-7H2,1-4H3,(H,13,14)(H,15,16). The first kappa shape index (κ1) is 15.9. The fraction of sp³-hybridized carbons (Fsp3) is 0.833. The van der Waals surface area contributed by atoms with Gasteiger partial charge in [-0.25, -0.2) is 4.79 Å². The monoisotopic (exact) mass is 245 g/mol. The second-order valence-corrected chi connectivity index (χ2v) is 4.85. The molecule has 100 valence electrons. The SMILES string of the molecule is COCC(NC(=O)CC(C)CC(C)C)C(=O)O. The average Bonchev–Trinajstić information content (AvgIpc) is 2.14. The lowest BCUT2D eigenvalue weighted by Crippen LogP contribution is -2.44. The Morgan fingerprint density at radius 3 is 2.29 bits per heavy atom. The lowest BCUT2D eigenvalue weighted by molar-refractivity contribution is -0.143. The molecule has 0 heterocycles. The van der Waals surface area contributed by atoms with Gasteiger partial charge in [-0.2, -0.15) is 0 Å². The maximum Gasteiger partial charge on any atom is 0.328 e. The van der Waals surface area contributed by atoms with Crippen LogP contribution in [0.2, 0.25) is 0 Å². The maximum absolute atomic E-state index is 11.6. The van der Waals surface area contributed by atoms with Crippen molar-refractivity contribution in [1.29, 1.82) is 0 Å². The van der Waals surface area contributed by atoms with Crippen molar-refractivity contribution in [2.45, 2.75) is 39.7 Å². The van der Waals surface area contributed by atoms with Gasteiger partial charge in [-0.3, -0.25) is 4.79 Å². The molecular formula is C12H23NO4. The van der Waals surface area contributed by atoms with Crippen molar-refractivity contribution in [3.05, 3.63) is 0 Å². The number of carbonyl (C=O) groups excluding carboxylic acids is 1. The zero-order valence-electron chi connectivity index (χ0n) is 11.0. The van der Waals surface area contributed by atoms with E-state index in [0.29, 0.717) is 12.3 Å². The zero-order valence-corrected chi connectivity index (χ0v) is 11.0. The molecule has 1 amide bonds. The number of carbonyl (C=O) groups is 2. The molecule has 0 saturated carbocycles. The third kappa shape index (κ3) is 7.74. The van der Waals surface area contributed by atoms with E-state index in [1.54, 1.807) is 0 Å². The van der Waals surface area contributed by atoms with Gasteiger partial charge in [-0.15, -0.1) is 0 Å². The van der Waals surface area contributed by atoms with Crippen molar-refractivity contribution in [3.63, 3.8) is 0 Å². The Kier molecular flexibility index (Phi) is 7.54. The molecule has 0 aromatic carbocycles. The Bertz CT molecular complexity index is 253. The molecule has 5 heteroatoms. The van der Waals surface area contributed by atoms with Gasteiger partial charge in [0.25, 0.3) is 0 Å². The first-order valence-electron chi connectivity index (χ1n) is 5.87. The van der Waals surface area contributed by atoms with Gasteiger partial charge in [0.05, 0.1) is 6.61 Å². The third-order valence-electron chi connectivity index (χ3n) is 2.37. The quantitative estimate of drug-likeness (QED) is 0.675. The van der Waals surface area contributed by atoms with Gasteiger partial charge in [-0.1, -0.05) is 20.8 Å². The predicted octanol–water partition coefficient (Wildman–Crippen LogP) is 1.27. The Morgan fingerprint density at radius 1 is 1.29 bits per heavy atom. The molecule has 17 heavy (non-hydrogen) atoms. The van der Waals surface area contributed by atoms with Crippen LogP contribution in [-0.4, -0.2) is 36.7 Å². The van der Waals surface area contributed by atoms with E-state index in [0.717, 1.165) is 6.42 Å². The summed E-state index contributed by atoms with van der Waals surface area (Å²) in [6.45, 7) is 6.17. The minimum atomic E-state index is -1.07. The zero-order chi connectivity index (χ0) is 13.4. The molecule has 0 aromatic heterocycles. The van der Waals surface area contributed by atoms with Crippen LogP contribution in [0.4, 0.5) is 0 Å². The molecule has 2 atom stereocenters. The van der Waals surface area contributed by atoms with Crippen LogP contribution < -0.4 is 5.32 Å². The largest absolute Gasteiger partial charge is 0.480 e. The molecule has 0 saturated heterocycles. The highest BCUT2D eigenvalue weighted by molar-refractivity contribution is 5.83. The number of hydrogen-bond acceptors (Lipinski definition) is 3. The number of amides is 1. The molecule has 2 N–H and O–H groups in total. The summed E-state index contributed by atoms with van der Waals surface area (Å²) in [4.78, 5) is 22.4. The van der Waals surface area contributed by atoms with Crippen LogP contribution in [0.25, 0.3) is 0 Å². The first-order valence-corrected chi connectivity index (χ1v) is 5.87. The molecule has 0 fully saturated rings. The highest BCUT2D eigenvalue weighted by Gasteiger charge is 2.20. The van der Waals surface area contributed by atoms with Crippen molar-refractivity contribution >= 4 is 11.9 Å². The smallest absolute Gasteiger partial charge is 0.328 e. The molecule has 0 spiro atoms. The summed E-state index contributed by atoms with van der Waals surface area (Å²) in [5, 5.41) is 11.3. The van der Waals surface area contributed by atoms with Crippen molar-refractivity contribution in [3.8, 4) is 0 Å². The van der Waals surface area contributed by atoms with E-state index in [-0.39, 0.29) is 18.4 Å². The summed E-state index contributed by atoms with van der Waals surface area (Å²) in [7, 11) is 1.41. The number of ether oxygens (including phenoxy) is 1. The summed E-state index contributed by atoms with van der Waals surface area (Å²) in [6, 6.07) is -0.959. The lowest BCUT2D eigenvalue weighted by Gasteiger charge is -2.17. The number of carboxylic acid groups (broad SMARTS) is 1. The van der Waals surface area contributed by atoms with E-state index < -0.39 is 12.0 Å². The molecule has 5 nitrogen and oxygen atoms in total. The predicted molar refractivity (Wildman–Crippen MR) is 64.7 cm³/mol.